The highest BCUT2D eigenvalue weighted by Gasteiger charge is 2.30. The third kappa shape index (κ3) is 3.89. The van der Waals surface area contributed by atoms with Gasteiger partial charge in [-0.2, -0.15) is 4.31 Å². The van der Waals surface area contributed by atoms with Crippen LogP contribution in [-0.2, 0) is 10.0 Å². The van der Waals surface area contributed by atoms with Crippen molar-refractivity contribution in [3.8, 4) is 11.5 Å². The number of sulfonamides is 1. The maximum absolute atomic E-state index is 13.1. The lowest BCUT2D eigenvalue weighted by molar-refractivity contribution is 0.384. The van der Waals surface area contributed by atoms with E-state index in [1.54, 1.807) is 30.7 Å². The number of anilines is 1. The fourth-order valence-electron chi connectivity index (χ4n) is 3.38. The molecule has 7 heteroatoms. The van der Waals surface area contributed by atoms with Crippen molar-refractivity contribution < 1.29 is 17.9 Å². The van der Waals surface area contributed by atoms with Gasteiger partial charge in [-0.25, -0.2) is 8.42 Å². The van der Waals surface area contributed by atoms with Crippen molar-refractivity contribution in [2.45, 2.75) is 18.7 Å². The summed E-state index contributed by atoms with van der Waals surface area (Å²) in [6.45, 7) is 5.89. The molecular weight excluding hydrogens is 364 g/mol. The zero-order chi connectivity index (χ0) is 19.6. The molecule has 0 N–H and O–H groups in total. The lowest BCUT2D eigenvalue weighted by Crippen LogP contribution is -2.48. The van der Waals surface area contributed by atoms with E-state index in [0.29, 0.717) is 42.4 Å². The summed E-state index contributed by atoms with van der Waals surface area (Å²) < 4.78 is 38.3. The zero-order valence-corrected chi connectivity index (χ0v) is 17.0. The summed E-state index contributed by atoms with van der Waals surface area (Å²) in [6.07, 6.45) is 0. The predicted octanol–water partition coefficient (Wildman–Crippen LogP) is 2.83. The van der Waals surface area contributed by atoms with Gasteiger partial charge in [0, 0.05) is 31.9 Å². The van der Waals surface area contributed by atoms with E-state index < -0.39 is 10.0 Å². The second-order valence-corrected chi connectivity index (χ2v) is 8.58. The second-order valence-electron chi connectivity index (χ2n) is 6.68. The first kappa shape index (κ1) is 19.5. The maximum atomic E-state index is 13.1. The molecule has 0 unspecified atom stereocenters. The number of piperazine rings is 1. The van der Waals surface area contributed by atoms with Crippen LogP contribution in [0.4, 0.5) is 5.69 Å². The summed E-state index contributed by atoms with van der Waals surface area (Å²) in [7, 11) is -0.293. The quantitative estimate of drug-likeness (QED) is 0.786. The summed E-state index contributed by atoms with van der Waals surface area (Å²) >= 11 is 0. The largest absolute Gasteiger partial charge is 0.497 e. The van der Waals surface area contributed by atoms with Gasteiger partial charge in [-0.3, -0.25) is 0 Å². The second kappa shape index (κ2) is 7.78. The number of nitrogens with zero attached hydrogens (tertiary/aromatic N) is 2. The highest BCUT2D eigenvalue weighted by molar-refractivity contribution is 7.89. The molecule has 2 aromatic rings. The fraction of sp³-hybridized carbons (Fsp3) is 0.400. The molecule has 146 valence electrons. The molecule has 1 saturated heterocycles. The lowest BCUT2D eigenvalue weighted by atomic mass is 10.1. The molecule has 0 saturated carbocycles. The van der Waals surface area contributed by atoms with E-state index in [0.717, 1.165) is 17.0 Å². The summed E-state index contributed by atoms with van der Waals surface area (Å²) in [4.78, 5) is 2.55. The molecule has 2 aromatic carbocycles. The van der Waals surface area contributed by atoms with Crippen LogP contribution in [0.15, 0.2) is 41.3 Å². The fourth-order valence-corrected chi connectivity index (χ4v) is 5.09. The number of methoxy groups -OCH3 is 2. The van der Waals surface area contributed by atoms with Gasteiger partial charge in [0.1, 0.15) is 11.5 Å². The lowest BCUT2D eigenvalue weighted by Gasteiger charge is -2.35. The van der Waals surface area contributed by atoms with Crippen LogP contribution in [0.3, 0.4) is 0 Å². The van der Waals surface area contributed by atoms with Crippen LogP contribution in [0.5, 0.6) is 11.5 Å². The Morgan fingerprint density at radius 3 is 2.04 bits per heavy atom. The van der Waals surface area contributed by atoms with Crippen LogP contribution in [0, 0.1) is 13.8 Å². The van der Waals surface area contributed by atoms with E-state index in [4.69, 9.17) is 9.47 Å². The van der Waals surface area contributed by atoms with E-state index in [9.17, 15) is 8.42 Å². The van der Waals surface area contributed by atoms with Crippen molar-refractivity contribution in [1.29, 1.82) is 0 Å². The van der Waals surface area contributed by atoms with E-state index >= 15 is 0 Å². The van der Waals surface area contributed by atoms with Crippen LogP contribution in [-0.4, -0.2) is 53.1 Å². The van der Waals surface area contributed by atoms with Crippen molar-refractivity contribution >= 4 is 15.7 Å². The minimum absolute atomic E-state index is 0.360. The van der Waals surface area contributed by atoms with Gasteiger partial charge in [0.05, 0.1) is 19.1 Å². The van der Waals surface area contributed by atoms with Crippen molar-refractivity contribution in [3.63, 3.8) is 0 Å². The molecule has 3 rings (SSSR count). The third-order valence-corrected chi connectivity index (χ3v) is 7.03. The molecule has 1 aliphatic rings. The maximum Gasteiger partial charge on any atom is 0.243 e. The van der Waals surface area contributed by atoms with Gasteiger partial charge >= 0.3 is 0 Å². The van der Waals surface area contributed by atoms with Gasteiger partial charge in [-0.15, -0.1) is 0 Å². The Labute approximate surface area is 161 Å². The number of hydrogen-bond acceptors (Lipinski definition) is 5. The Morgan fingerprint density at radius 1 is 0.852 bits per heavy atom. The minimum Gasteiger partial charge on any atom is -0.497 e. The van der Waals surface area contributed by atoms with Crippen molar-refractivity contribution in [1.82, 2.24) is 4.31 Å². The van der Waals surface area contributed by atoms with E-state index in [1.807, 2.05) is 38.1 Å². The van der Waals surface area contributed by atoms with Gasteiger partial charge in [0.2, 0.25) is 10.0 Å². The van der Waals surface area contributed by atoms with Gasteiger partial charge in [0.25, 0.3) is 0 Å². The molecule has 0 spiro atoms. The molecule has 0 radical (unpaired) electrons. The van der Waals surface area contributed by atoms with E-state index in [-0.39, 0.29) is 0 Å². The normalized spacial score (nSPS) is 15.6. The summed E-state index contributed by atoms with van der Waals surface area (Å²) in [5.74, 6) is 1.51. The summed E-state index contributed by atoms with van der Waals surface area (Å²) in [6, 6.07) is 11.3. The van der Waals surface area contributed by atoms with E-state index in [2.05, 4.69) is 4.90 Å². The van der Waals surface area contributed by atoms with Gasteiger partial charge in [0.15, 0.2) is 0 Å². The minimum atomic E-state index is -3.53. The first-order chi connectivity index (χ1) is 12.9. The molecule has 27 heavy (non-hydrogen) atoms. The van der Waals surface area contributed by atoms with Crippen LogP contribution in [0.1, 0.15) is 11.1 Å². The highest BCUT2D eigenvalue weighted by Crippen LogP contribution is 2.29. The Hall–Kier alpha value is -2.25. The number of aryl methyl sites for hydroxylation is 2. The van der Waals surface area contributed by atoms with Crippen molar-refractivity contribution in [2.24, 2.45) is 0 Å². The monoisotopic (exact) mass is 390 g/mol. The molecule has 0 bridgehead atoms. The molecule has 1 heterocycles. The van der Waals surface area contributed by atoms with Crippen molar-refractivity contribution in [2.75, 3.05) is 45.3 Å². The Morgan fingerprint density at radius 2 is 1.48 bits per heavy atom. The van der Waals surface area contributed by atoms with Gasteiger partial charge in [-0.05, 0) is 61.4 Å². The van der Waals surface area contributed by atoms with Crippen molar-refractivity contribution in [3.05, 3.63) is 47.5 Å². The molecule has 6 nitrogen and oxygen atoms in total. The third-order valence-electron chi connectivity index (χ3n) is 4.99. The average Bonchev–Trinajstić information content (AvgIpc) is 2.69. The predicted molar refractivity (Wildman–Crippen MR) is 106 cm³/mol. The first-order valence-electron chi connectivity index (χ1n) is 8.91. The van der Waals surface area contributed by atoms with Gasteiger partial charge < -0.3 is 14.4 Å². The number of ether oxygens (including phenoxy) is 2. The SMILES string of the molecule is COc1ccc(N2CCN(S(=O)(=O)c3cc(C)c(OC)cc3C)CC2)cc1. The van der Waals surface area contributed by atoms with E-state index in [1.165, 1.54) is 0 Å². The number of rotatable bonds is 5. The number of benzene rings is 2. The summed E-state index contributed by atoms with van der Waals surface area (Å²) in [5.41, 5.74) is 2.60. The average molecular weight is 391 g/mol. The van der Waals surface area contributed by atoms with Crippen LogP contribution in [0.2, 0.25) is 0 Å². The molecule has 0 atom stereocenters. The van der Waals surface area contributed by atoms with Crippen LogP contribution >= 0.6 is 0 Å². The standard InChI is InChI=1S/C20H26N2O4S/c1-15-14-20(16(2)13-19(15)26-4)27(23,24)22-11-9-21(10-12-22)17-5-7-18(25-3)8-6-17/h5-8,13-14H,9-12H2,1-4H3. The highest BCUT2D eigenvalue weighted by atomic mass is 32.2. The molecule has 1 aliphatic heterocycles. The molecule has 0 amide bonds. The summed E-state index contributed by atoms with van der Waals surface area (Å²) in [5, 5.41) is 0. The smallest absolute Gasteiger partial charge is 0.243 e. The molecule has 1 fully saturated rings. The Balaban J connectivity index is 1.75. The number of hydrogen-bond donors (Lipinski definition) is 0. The van der Waals surface area contributed by atoms with Crippen LogP contribution < -0.4 is 14.4 Å². The van der Waals surface area contributed by atoms with Crippen LogP contribution in [0.25, 0.3) is 0 Å². The van der Waals surface area contributed by atoms with Gasteiger partial charge in [-0.1, -0.05) is 0 Å². The molecule has 0 aliphatic carbocycles. The topological polar surface area (TPSA) is 59.1 Å². The first-order valence-corrected chi connectivity index (χ1v) is 10.3. The molecule has 0 aromatic heterocycles. The Kier molecular flexibility index (Phi) is 5.62. The zero-order valence-electron chi connectivity index (χ0n) is 16.2. The molecular formula is C20H26N2O4S. The Bertz CT molecular complexity index is 902.